The molecule has 0 aliphatic carbocycles. The lowest BCUT2D eigenvalue weighted by molar-refractivity contribution is 0.231. The number of para-hydroxylation sites is 1. The van der Waals surface area contributed by atoms with Crippen LogP contribution in [-0.2, 0) is 19.6 Å². The van der Waals surface area contributed by atoms with Gasteiger partial charge < -0.3 is 19.7 Å². The van der Waals surface area contributed by atoms with Gasteiger partial charge in [-0.25, -0.2) is 0 Å². The minimum atomic E-state index is 0.198. The first-order valence-electron chi connectivity index (χ1n) is 6.58. The zero-order valence-electron chi connectivity index (χ0n) is 11.8. The Hall–Kier alpha value is -2.08. The molecule has 6 heteroatoms. The third-order valence-electron chi connectivity index (χ3n) is 2.82. The predicted octanol–water partition coefficient (Wildman–Crippen LogP) is 2.07. The SMILES string of the molecule is CCCc1noc(COc2c(CN)cccc2OC)n1. The molecule has 0 bridgehead atoms. The molecule has 0 aliphatic heterocycles. The Bertz CT molecular complexity index is 532. The first-order chi connectivity index (χ1) is 9.78. The van der Waals surface area contributed by atoms with Gasteiger partial charge in [-0.2, -0.15) is 4.98 Å². The Morgan fingerprint density at radius 3 is 2.90 bits per heavy atom. The molecular formula is C14H19N3O3. The molecule has 2 rings (SSSR count). The molecule has 0 saturated heterocycles. The number of methoxy groups -OCH3 is 1. The molecule has 20 heavy (non-hydrogen) atoms. The molecule has 2 aromatic rings. The Balaban J connectivity index is 2.09. The van der Waals surface area contributed by atoms with E-state index in [1.165, 1.54) is 0 Å². The maximum Gasteiger partial charge on any atom is 0.264 e. The molecule has 0 amide bonds. The summed E-state index contributed by atoms with van der Waals surface area (Å²) < 4.78 is 16.1. The van der Waals surface area contributed by atoms with Crippen LogP contribution in [0.3, 0.4) is 0 Å². The number of benzene rings is 1. The number of rotatable bonds is 7. The number of aromatic nitrogens is 2. The van der Waals surface area contributed by atoms with E-state index in [9.17, 15) is 0 Å². The van der Waals surface area contributed by atoms with E-state index in [2.05, 4.69) is 17.1 Å². The Kier molecular flexibility index (Phi) is 4.95. The summed E-state index contributed by atoms with van der Waals surface area (Å²) in [7, 11) is 1.59. The maximum absolute atomic E-state index is 5.73. The first kappa shape index (κ1) is 14.3. The lowest BCUT2D eigenvalue weighted by Crippen LogP contribution is -2.04. The third kappa shape index (κ3) is 3.27. The van der Waals surface area contributed by atoms with Gasteiger partial charge in [-0.05, 0) is 12.5 Å². The standard InChI is InChI=1S/C14H19N3O3/c1-3-5-12-16-13(20-17-12)9-19-14-10(8-15)6-4-7-11(14)18-2/h4,6-7H,3,5,8-9,15H2,1-2H3. The van der Waals surface area contributed by atoms with Crippen LogP contribution in [0.4, 0.5) is 0 Å². The van der Waals surface area contributed by atoms with Crippen molar-refractivity contribution >= 4 is 0 Å². The van der Waals surface area contributed by atoms with Gasteiger partial charge in [-0.1, -0.05) is 24.2 Å². The molecule has 1 aromatic heterocycles. The molecule has 1 heterocycles. The highest BCUT2D eigenvalue weighted by Gasteiger charge is 2.12. The average Bonchev–Trinajstić information content (AvgIpc) is 2.92. The second kappa shape index (κ2) is 6.91. The van der Waals surface area contributed by atoms with Crippen LogP contribution < -0.4 is 15.2 Å². The van der Waals surface area contributed by atoms with Crippen LogP contribution in [0.2, 0.25) is 0 Å². The van der Waals surface area contributed by atoms with E-state index >= 15 is 0 Å². The van der Waals surface area contributed by atoms with Crippen molar-refractivity contribution in [3.05, 3.63) is 35.5 Å². The topological polar surface area (TPSA) is 83.4 Å². The van der Waals surface area contributed by atoms with Crippen molar-refractivity contribution in [2.45, 2.75) is 32.9 Å². The Morgan fingerprint density at radius 2 is 2.20 bits per heavy atom. The maximum atomic E-state index is 5.73. The number of hydrogen-bond acceptors (Lipinski definition) is 6. The minimum Gasteiger partial charge on any atom is -0.493 e. The van der Waals surface area contributed by atoms with Gasteiger partial charge in [-0.3, -0.25) is 0 Å². The molecule has 108 valence electrons. The second-order valence-corrected chi connectivity index (χ2v) is 4.30. The molecule has 0 saturated carbocycles. The monoisotopic (exact) mass is 277 g/mol. The van der Waals surface area contributed by atoms with E-state index in [1.807, 2.05) is 18.2 Å². The van der Waals surface area contributed by atoms with E-state index in [-0.39, 0.29) is 6.61 Å². The van der Waals surface area contributed by atoms with Gasteiger partial charge in [0, 0.05) is 18.5 Å². The highest BCUT2D eigenvalue weighted by molar-refractivity contribution is 5.46. The fourth-order valence-corrected chi connectivity index (χ4v) is 1.85. The molecule has 0 radical (unpaired) electrons. The first-order valence-corrected chi connectivity index (χ1v) is 6.58. The van der Waals surface area contributed by atoms with Crippen LogP contribution in [0.15, 0.2) is 22.7 Å². The minimum absolute atomic E-state index is 0.198. The summed E-state index contributed by atoms with van der Waals surface area (Å²) in [4.78, 5) is 4.25. The summed E-state index contributed by atoms with van der Waals surface area (Å²) in [6.07, 6.45) is 1.77. The molecular weight excluding hydrogens is 258 g/mol. The molecule has 0 atom stereocenters. The van der Waals surface area contributed by atoms with Crippen molar-refractivity contribution in [2.75, 3.05) is 7.11 Å². The largest absolute Gasteiger partial charge is 0.493 e. The highest BCUT2D eigenvalue weighted by atomic mass is 16.5. The summed E-state index contributed by atoms with van der Waals surface area (Å²) in [5.74, 6) is 2.40. The summed E-state index contributed by atoms with van der Waals surface area (Å²) in [6.45, 7) is 2.64. The summed E-state index contributed by atoms with van der Waals surface area (Å²) in [6, 6.07) is 5.60. The van der Waals surface area contributed by atoms with E-state index in [0.717, 1.165) is 18.4 Å². The Morgan fingerprint density at radius 1 is 1.35 bits per heavy atom. The second-order valence-electron chi connectivity index (χ2n) is 4.30. The number of hydrogen-bond donors (Lipinski definition) is 1. The third-order valence-corrected chi connectivity index (χ3v) is 2.82. The lowest BCUT2D eigenvalue weighted by atomic mass is 10.2. The van der Waals surface area contributed by atoms with Crippen molar-refractivity contribution in [1.29, 1.82) is 0 Å². The quantitative estimate of drug-likeness (QED) is 0.834. The van der Waals surface area contributed by atoms with Gasteiger partial charge in [0.2, 0.25) is 0 Å². The molecule has 6 nitrogen and oxygen atoms in total. The lowest BCUT2D eigenvalue weighted by Gasteiger charge is -2.12. The average molecular weight is 277 g/mol. The van der Waals surface area contributed by atoms with Crippen molar-refractivity contribution in [3.8, 4) is 11.5 Å². The van der Waals surface area contributed by atoms with E-state index < -0.39 is 0 Å². The van der Waals surface area contributed by atoms with Crippen LogP contribution in [0, 0.1) is 0 Å². The number of nitrogens with two attached hydrogens (primary N) is 1. The molecule has 1 aromatic carbocycles. The fourth-order valence-electron chi connectivity index (χ4n) is 1.85. The van der Waals surface area contributed by atoms with Crippen molar-refractivity contribution in [1.82, 2.24) is 10.1 Å². The molecule has 0 aliphatic rings. The van der Waals surface area contributed by atoms with Crippen molar-refractivity contribution < 1.29 is 14.0 Å². The van der Waals surface area contributed by atoms with Crippen LogP contribution >= 0.6 is 0 Å². The van der Waals surface area contributed by atoms with E-state index in [1.54, 1.807) is 7.11 Å². The number of ether oxygens (including phenoxy) is 2. The molecule has 0 spiro atoms. The smallest absolute Gasteiger partial charge is 0.264 e. The molecule has 2 N–H and O–H groups in total. The van der Waals surface area contributed by atoms with Gasteiger partial charge in [0.15, 0.2) is 23.9 Å². The highest BCUT2D eigenvalue weighted by Crippen LogP contribution is 2.31. The van der Waals surface area contributed by atoms with Gasteiger partial charge in [0.05, 0.1) is 7.11 Å². The predicted molar refractivity (Wildman–Crippen MR) is 73.5 cm³/mol. The van der Waals surface area contributed by atoms with Gasteiger partial charge >= 0.3 is 0 Å². The zero-order chi connectivity index (χ0) is 14.4. The fraction of sp³-hybridized carbons (Fsp3) is 0.429. The molecule has 0 unspecified atom stereocenters. The van der Waals surface area contributed by atoms with Crippen molar-refractivity contribution in [2.24, 2.45) is 5.73 Å². The van der Waals surface area contributed by atoms with E-state index in [4.69, 9.17) is 19.7 Å². The Labute approximate surface area is 117 Å². The number of aryl methyl sites for hydroxylation is 1. The van der Waals surface area contributed by atoms with Crippen molar-refractivity contribution in [3.63, 3.8) is 0 Å². The van der Waals surface area contributed by atoms with Crippen LogP contribution in [0.1, 0.15) is 30.6 Å². The van der Waals surface area contributed by atoms with Crippen LogP contribution in [-0.4, -0.2) is 17.3 Å². The van der Waals surface area contributed by atoms with E-state index in [0.29, 0.717) is 29.8 Å². The number of nitrogens with zero attached hydrogens (tertiary/aromatic N) is 2. The zero-order valence-corrected chi connectivity index (χ0v) is 11.8. The summed E-state index contributed by atoms with van der Waals surface area (Å²) in [5.41, 5.74) is 6.57. The normalized spacial score (nSPS) is 10.6. The van der Waals surface area contributed by atoms with Gasteiger partial charge in [0.1, 0.15) is 0 Å². The van der Waals surface area contributed by atoms with Gasteiger partial charge in [-0.15, -0.1) is 0 Å². The van der Waals surface area contributed by atoms with Gasteiger partial charge in [0.25, 0.3) is 5.89 Å². The molecule has 0 fully saturated rings. The summed E-state index contributed by atoms with van der Waals surface area (Å²) in [5, 5.41) is 3.88. The van der Waals surface area contributed by atoms with Crippen LogP contribution in [0.5, 0.6) is 11.5 Å². The van der Waals surface area contributed by atoms with Crippen LogP contribution in [0.25, 0.3) is 0 Å². The summed E-state index contributed by atoms with van der Waals surface area (Å²) >= 11 is 0.